The minimum atomic E-state index is 0.0183. The lowest BCUT2D eigenvalue weighted by atomic mass is 10.1. The SMILES string of the molecule is CC(=O)c1cccc(Nc2nncc(N3CCOCC3)n2)c1. The number of rotatable bonds is 4. The quantitative estimate of drug-likeness (QED) is 0.860. The average molecular weight is 299 g/mol. The first-order valence-electron chi connectivity index (χ1n) is 7.13. The van der Waals surface area contributed by atoms with Gasteiger partial charge in [-0.15, -0.1) is 5.10 Å². The molecular formula is C15H17N5O2. The third-order valence-corrected chi connectivity index (χ3v) is 3.41. The normalized spacial score (nSPS) is 14.7. The molecule has 114 valence electrons. The Balaban J connectivity index is 1.77. The molecule has 1 saturated heterocycles. The van der Waals surface area contributed by atoms with Gasteiger partial charge in [0.05, 0.1) is 19.4 Å². The van der Waals surface area contributed by atoms with Crippen molar-refractivity contribution in [2.75, 3.05) is 36.5 Å². The molecule has 2 heterocycles. The Kier molecular flexibility index (Phi) is 4.24. The zero-order valence-electron chi connectivity index (χ0n) is 12.3. The van der Waals surface area contributed by atoms with Gasteiger partial charge in [-0.25, -0.2) is 0 Å². The third kappa shape index (κ3) is 3.37. The molecule has 1 aromatic carbocycles. The summed E-state index contributed by atoms with van der Waals surface area (Å²) in [4.78, 5) is 18.0. The van der Waals surface area contributed by atoms with Crippen LogP contribution in [0.3, 0.4) is 0 Å². The summed E-state index contributed by atoms with van der Waals surface area (Å²) in [5.41, 5.74) is 1.40. The lowest BCUT2D eigenvalue weighted by molar-refractivity contribution is 0.101. The fraction of sp³-hybridized carbons (Fsp3) is 0.333. The number of nitrogens with zero attached hydrogens (tertiary/aromatic N) is 4. The largest absolute Gasteiger partial charge is 0.378 e. The van der Waals surface area contributed by atoms with Gasteiger partial charge in [0.25, 0.3) is 0 Å². The first kappa shape index (κ1) is 14.4. The minimum absolute atomic E-state index is 0.0183. The van der Waals surface area contributed by atoms with E-state index in [1.54, 1.807) is 18.3 Å². The monoisotopic (exact) mass is 299 g/mol. The van der Waals surface area contributed by atoms with Gasteiger partial charge in [-0.05, 0) is 19.1 Å². The fourth-order valence-corrected chi connectivity index (χ4v) is 2.24. The molecular weight excluding hydrogens is 282 g/mol. The second-order valence-electron chi connectivity index (χ2n) is 5.00. The number of carbonyl (C=O) groups is 1. The maximum atomic E-state index is 11.4. The molecule has 0 atom stereocenters. The van der Waals surface area contributed by atoms with Gasteiger partial charge in [-0.3, -0.25) is 4.79 Å². The maximum Gasteiger partial charge on any atom is 0.249 e. The topological polar surface area (TPSA) is 80.2 Å². The molecule has 22 heavy (non-hydrogen) atoms. The highest BCUT2D eigenvalue weighted by atomic mass is 16.5. The third-order valence-electron chi connectivity index (χ3n) is 3.41. The van der Waals surface area contributed by atoms with Crippen LogP contribution in [0.25, 0.3) is 0 Å². The van der Waals surface area contributed by atoms with Crippen LogP contribution in [0, 0.1) is 0 Å². The van der Waals surface area contributed by atoms with Crippen LogP contribution in [-0.4, -0.2) is 47.3 Å². The van der Waals surface area contributed by atoms with Crippen molar-refractivity contribution in [2.24, 2.45) is 0 Å². The van der Waals surface area contributed by atoms with Crippen LogP contribution in [0.1, 0.15) is 17.3 Å². The van der Waals surface area contributed by atoms with Gasteiger partial charge in [-0.1, -0.05) is 12.1 Å². The predicted molar refractivity (Wildman–Crippen MR) is 82.6 cm³/mol. The van der Waals surface area contributed by atoms with E-state index in [1.165, 1.54) is 6.92 Å². The van der Waals surface area contributed by atoms with E-state index >= 15 is 0 Å². The first-order chi connectivity index (χ1) is 10.7. The summed E-state index contributed by atoms with van der Waals surface area (Å²) < 4.78 is 5.33. The number of nitrogens with one attached hydrogen (secondary N) is 1. The molecule has 7 heteroatoms. The molecule has 1 fully saturated rings. The van der Waals surface area contributed by atoms with Gasteiger partial charge in [0, 0.05) is 24.3 Å². The van der Waals surface area contributed by atoms with Crippen LogP contribution in [0.15, 0.2) is 30.5 Å². The Hall–Kier alpha value is -2.54. The zero-order chi connectivity index (χ0) is 15.4. The summed E-state index contributed by atoms with van der Waals surface area (Å²) in [7, 11) is 0. The molecule has 0 unspecified atom stereocenters. The molecule has 0 aliphatic carbocycles. The molecule has 0 bridgehead atoms. The molecule has 0 radical (unpaired) electrons. The zero-order valence-corrected chi connectivity index (χ0v) is 12.3. The lowest BCUT2D eigenvalue weighted by Crippen LogP contribution is -2.36. The minimum Gasteiger partial charge on any atom is -0.378 e. The standard InChI is InChI=1S/C15H17N5O2/c1-11(21)12-3-2-4-13(9-12)17-15-18-14(10-16-19-15)20-5-7-22-8-6-20/h2-4,9-10H,5-8H2,1H3,(H,17,18,19). The molecule has 0 amide bonds. The summed E-state index contributed by atoms with van der Waals surface area (Å²) in [6.07, 6.45) is 1.64. The Morgan fingerprint density at radius 1 is 1.32 bits per heavy atom. The Morgan fingerprint density at radius 2 is 2.14 bits per heavy atom. The number of carbonyl (C=O) groups excluding carboxylic acids is 1. The van der Waals surface area contributed by atoms with Crippen LogP contribution in [0.4, 0.5) is 17.5 Å². The van der Waals surface area contributed by atoms with E-state index in [9.17, 15) is 4.79 Å². The summed E-state index contributed by atoms with van der Waals surface area (Å²) in [5, 5.41) is 11.1. The van der Waals surface area contributed by atoms with Crippen molar-refractivity contribution in [3.63, 3.8) is 0 Å². The molecule has 1 N–H and O–H groups in total. The number of ether oxygens (including phenoxy) is 1. The average Bonchev–Trinajstić information content (AvgIpc) is 2.56. The smallest absolute Gasteiger partial charge is 0.249 e. The number of aromatic nitrogens is 3. The summed E-state index contributed by atoms with van der Waals surface area (Å²) >= 11 is 0. The maximum absolute atomic E-state index is 11.4. The van der Waals surface area contributed by atoms with Crippen LogP contribution in [0.2, 0.25) is 0 Å². The molecule has 3 rings (SSSR count). The van der Waals surface area contributed by atoms with Gasteiger partial charge >= 0.3 is 0 Å². The van der Waals surface area contributed by atoms with Gasteiger partial charge < -0.3 is 15.0 Å². The summed E-state index contributed by atoms with van der Waals surface area (Å²) in [6.45, 7) is 4.49. The number of benzene rings is 1. The van der Waals surface area contributed by atoms with Gasteiger partial charge in [0.15, 0.2) is 11.6 Å². The Morgan fingerprint density at radius 3 is 2.91 bits per heavy atom. The van der Waals surface area contributed by atoms with Crippen molar-refractivity contribution in [1.82, 2.24) is 15.2 Å². The van der Waals surface area contributed by atoms with Crippen molar-refractivity contribution in [2.45, 2.75) is 6.92 Å². The number of ketones is 1. The highest BCUT2D eigenvalue weighted by molar-refractivity contribution is 5.95. The van der Waals surface area contributed by atoms with Gasteiger partial charge in [0.2, 0.25) is 5.95 Å². The first-order valence-corrected chi connectivity index (χ1v) is 7.13. The summed E-state index contributed by atoms with van der Waals surface area (Å²) in [5.74, 6) is 1.19. The Labute approximate surface area is 128 Å². The predicted octanol–water partition coefficient (Wildman–Crippen LogP) is 1.65. The second kappa shape index (κ2) is 6.48. The fourth-order valence-electron chi connectivity index (χ4n) is 2.24. The Bertz CT molecular complexity index is 670. The number of anilines is 3. The highest BCUT2D eigenvalue weighted by Gasteiger charge is 2.13. The number of morpholine rings is 1. The molecule has 0 spiro atoms. The van der Waals surface area contributed by atoms with E-state index in [0.29, 0.717) is 24.7 Å². The van der Waals surface area contributed by atoms with Crippen molar-refractivity contribution in [3.8, 4) is 0 Å². The molecule has 2 aromatic rings. The van der Waals surface area contributed by atoms with E-state index in [0.717, 1.165) is 24.6 Å². The molecule has 7 nitrogen and oxygen atoms in total. The van der Waals surface area contributed by atoms with Crippen molar-refractivity contribution >= 4 is 23.2 Å². The second-order valence-corrected chi connectivity index (χ2v) is 5.00. The van der Waals surface area contributed by atoms with E-state index < -0.39 is 0 Å². The van der Waals surface area contributed by atoms with Crippen LogP contribution < -0.4 is 10.2 Å². The highest BCUT2D eigenvalue weighted by Crippen LogP contribution is 2.17. The van der Waals surface area contributed by atoms with Crippen LogP contribution >= 0.6 is 0 Å². The molecule has 1 aromatic heterocycles. The lowest BCUT2D eigenvalue weighted by Gasteiger charge is -2.27. The number of Topliss-reactive ketones (excluding diaryl/α,β-unsaturated/α-hetero) is 1. The summed E-state index contributed by atoms with van der Waals surface area (Å²) in [6, 6.07) is 7.22. The molecule has 0 saturated carbocycles. The van der Waals surface area contributed by atoms with Gasteiger partial charge in [-0.2, -0.15) is 10.1 Å². The van der Waals surface area contributed by atoms with Gasteiger partial charge in [0.1, 0.15) is 0 Å². The van der Waals surface area contributed by atoms with Crippen LogP contribution in [-0.2, 0) is 4.74 Å². The van der Waals surface area contributed by atoms with E-state index in [2.05, 4.69) is 25.4 Å². The van der Waals surface area contributed by atoms with Crippen molar-refractivity contribution < 1.29 is 9.53 Å². The van der Waals surface area contributed by atoms with Crippen molar-refractivity contribution in [3.05, 3.63) is 36.0 Å². The van der Waals surface area contributed by atoms with E-state index in [1.807, 2.05) is 12.1 Å². The van der Waals surface area contributed by atoms with Crippen LogP contribution in [0.5, 0.6) is 0 Å². The molecule has 1 aliphatic rings. The van der Waals surface area contributed by atoms with E-state index in [-0.39, 0.29) is 5.78 Å². The number of hydrogen-bond donors (Lipinski definition) is 1. The van der Waals surface area contributed by atoms with E-state index in [4.69, 9.17) is 4.74 Å². The number of hydrogen-bond acceptors (Lipinski definition) is 7. The molecule has 1 aliphatic heterocycles. The van der Waals surface area contributed by atoms with Crippen molar-refractivity contribution in [1.29, 1.82) is 0 Å².